The molecular weight excluding hydrogens is 430 g/mol. The summed E-state index contributed by atoms with van der Waals surface area (Å²) in [5.41, 5.74) is 1.79. The topological polar surface area (TPSA) is 85.5 Å². The number of nitrogens with zero attached hydrogens (tertiary/aromatic N) is 3. The van der Waals surface area contributed by atoms with Crippen molar-refractivity contribution in [2.75, 3.05) is 11.9 Å². The van der Waals surface area contributed by atoms with E-state index in [1.54, 1.807) is 55.6 Å². The highest BCUT2D eigenvalue weighted by Crippen LogP contribution is 2.21. The van der Waals surface area contributed by atoms with Gasteiger partial charge in [-0.15, -0.1) is 10.2 Å². The molecule has 0 radical (unpaired) electrons. The van der Waals surface area contributed by atoms with Crippen LogP contribution in [0.4, 0.5) is 5.69 Å². The number of hydrogen-bond acceptors (Lipinski definition) is 6. The molecule has 0 aliphatic rings. The van der Waals surface area contributed by atoms with E-state index in [-0.39, 0.29) is 35.4 Å². The number of benzene rings is 3. The van der Waals surface area contributed by atoms with Gasteiger partial charge >= 0.3 is 5.97 Å². The number of carbonyl (C=O) groups is 2. The minimum atomic E-state index is -0.665. The standard InChI is InChI=1S/C24H18ClN3O4/c1-28(18-7-3-2-4-8-18)23(29)19-9-5-6-10-20(19)24(30)31-15-21-26-27-22(32-21)16-11-13-17(25)14-12-16/h2-14H,15H2,1H3. The molecule has 0 aliphatic carbocycles. The number of halogens is 1. The molecule has 1 aromatic heterocycles. The molecular formula is C24H18ClN3O4. The number of rotatable bonds is 6. The Balaban J connectivity index is 1.47. The summed E-state index contributed by atoms with van der Waals surface area (Å²) in [6.45, 7) is -0.226. The number of aromatic nitrogens is 2. The van der Waals surface area contributed by atoms with E-state index in [2.05, 4.69) is 10.2 Å². The molecule has 1 heterocycles. The van der Waals surface area contributed by atoms with Gasteiger partial charge in [0.1, 0.15) is 0 Å². The lowest BCUT2D eigenvalue weighted by Crippen LogP contribution is -2.28. The molecule has 8 heteroatoms. The van der Waals surface area contributed by atoms with Gasteiger partial charge in [0.2, 0.25) is 5.89 Å². The van der Waals surface area contributed by atoms with Gasteiger partial charge in [0.15, 0.2) is 6.61 Å². The third-order valence-electron chi connectivity index (χ3n) is 4.71. The molecule has 160 valence electrons. The van der Waals surface area contributed by atoms with Crippen molar-refractivity contribution in [1.82, 2.24) is 10.2 Å². The summed E-state index contributed by atoms with van der Waals surface area (Å²) in [6, 6.07) is 22.6. The highest BCUT2D eigenvalue weighted by molar-refractivity contribution is 6.30. The second kappa shape index (κ2) is 9.45. The fourth-order valence-corrected chi connectivity index (χ4v) is 3.15. The minimum absolute atomic E-state index is 0.133. The Labute approximate surface area is 189 Å². The first-order chi connectivity index (χ1) is 15.5. The van der Waals surface area contributed by atoms with Gasteiger partial charge in [-0.25, -0.2) is 4.79 Å². The van der Waals surface area contributed by atoms with Crippen LogP contribution in [-0.2, 0) is 11.3 Å². The third kappa shape index (κ3) is 4.68. The van der Waals surface area contributed by atoms with E-state index < -0.39 is 5.97 Å². The van der Waals surface area contributed by atoms with Crippen LogP contribution in [0.1, 0.15) is 26.6 Å². The van der Waals surface area contributed by atoms with Crippen LogP contribution in [0.3, 0.4) is 0 Å². The van der Waals surface area contributed by atoms with Crippen molar-refractivity contribution in [3.8, 4) is 11.5 Å². The molecule has 32 heavy (non-hydrogen) atoms. The van der Waals surface area contributed by atoms with Crippen molar-refractivity contribution in [2.24, 2.45) is 0 Å². The summed E-state index contributed by atoms with van der Waals surface area (Å²) in [5.74, 6) is -0.575. The zero-order valence-corrected chi connectivity index (χ0v) is 17.8. The van der Waals surface area contributed by atoms with Crippen molar-refractivity contribution in [1.29, 1.82) is 0 Å². The SMILES string of the molecule is CN(C(=O)c1ccccc1C(=O)OCc1nnc(-c2ccc(Cl)cc2)o1)c1ccccc1. The highest BCUT2D eigenvalue weighted by atomic mass is 35.5. The van der Waals surface area contributed by atoms with Gasteiger partial charge in [-0.1, -0.05) is 41.9 Å². The third-order valence-corrected chi connectivity index (χ3v) is 4.96. The predicted molar refractivity (Wildman–Crippen MR) is 119 cm³/mol. The molecule has 0 bridgehead atoms. The molecule has 7 nitrogen and oxygen atoms in total. The lowest BCUT2D eigenvalue weighted by Gasteiger charge is -2.18. The van der Waals surface area contributed by atoms with Crippen molar-refractivity contribution in [3.63, 3.8) is 0 Å². The van der Waals surface area contributed by atoms with Gasteiger partial charge in [-0.05, 0) is 48.5 Å². The molecule has 0 spiro atoms. The van der Waals surface area contributed by atoms with Crippen LogP contribution in [0, 0.1) is 0 Å². The molecule has 4 aromatic rings. The number of hydrogen-bond donors (Lipinski definition) is 0. The van der Waals surface area contributed by atoms with Crippen LogP contribution in [-0.4, -0.2) is 29.1 Å². The summed E-state index contributed by atoms with van der Waals surface area (Å²) in [7, 11) is 1.65. The van der Waals surface area contributed by atoms with Gasteiger partial charge in [-0.3, -0.25) is 4.79 Å². The molecule has 0 atom stereocenters. The Morgan fingerprint density at radius 3 is 2.28 bits per heavy atom. The smallest absolute Gasteiger partial charge is 0.339 e. The average Bonchev–Trinajstić information content (AvgIpc) is 3.31. The number of esters is 1. The molecule has 0 saturated heterocycles. The maximum atomic E-state index is 13.0. The van der Waals surface area contributed by atoms with E-state index in [1.807, 2.05) is 30.3 Å². The van der Waals surface area contributed by atoms with Crippen LogP contribution < -0.4 is 4.90 Å². The van der Waals surface area contributed by atoms with Crippen molar-refractivity contribution >= 4 is 29.2 Å². The maximum absolute atomic E-state index is 13.0. The first-order valence-corrected chi connectivity index (χ1v) is 10.1. The number of ether oxygens (including phenoxy) is 1. The Morgan fingerprint density at radius 1 is 0.906 bits per heavy atom. The quantitative estimate of drug-likeness (QED) is 0.385. The lowest BCUT2D eigenvalue weighted by atomic mass is 10.1. The van der Waals surface area contributed by atoms with E-state index in [4.69, 9.17) is 20.8 Å². The average molecular weight is 448 g/mol. The summed E-state index contributed by atoms with van der Waals surface area (Å²) in [4.78, 5) is 27.2. The molecule has 0 unspecified atom stereocenters. The highest BCUT2D eigenvalue weighted by Gasteiger charge is 2.22. The van der Waals surface area contributed by atoms with Crippen LogP contribution in [0.25, 0.3) is 11.5 Å². The molecule has 3 aromatic carbocycles. The number of amides is 1. The van der Waals surface area contributed by atoms with Crippen molar-refractivity contribution in [2.45, 2.75) is 6.61 Å². The Morgan fingerprint density at radius 2 is 1.56 bits per heavy atom. The van der Waals surface area contributed by atoms with E-state index in [1.165, 1.54) is 4.90 Å². The fraction of sp³-hybridized carbons (Fsp3) is 0.0833. The molecule has 1 amide bonds. The number of anilines is 1. The van der Waals surface area contributed by atoms with Gasteiger partial charge in [0.25, 0.3) is 11.8 Å². The summed E-state index contributed by atoms with van der Waals surface area (Å²) in [6.07, 6.45) is 0. The minimum Gasteiger partial charge on any atom is -0.452 e. The number of carbonyl (C=O) groups excluding carboxylic acids is 2. The molecule has 0 N–H and O–H groups in total. The zero-order chi connectivity index (χ0) is 22.5. The van der Waals surface area contributed by atoms with E-state index in [0.29, 0.717) is 16.3 Å². The first kappa shape index (κ1) is 21.3. The van der Waals surface area contributed by atoms with Gasteiger partial charge in [0, 0.05) is 23.3 Å². The fourth-order valence-electron chi connectivity index (χ4n) is 3.02. The van der Waals surface area contributed by atoms with Gasteiger partial charge in [0.05, 0.1) is 11.1 Å². The number of para-hydroxylation sites is 1. The lowest BCUT2D eigenvalue weighted by molar-refractivity contribution is 0.0436. The van der Waals surface area contributed by atoms with Crippen LogP contribution in [0.15, 0.2) is 83.3 Å². The Hall–Kier alpha value is -3.97. The van der Waals surface area contributed by atoms with Crippen molar-refractivity contribution < 1.29 is 18.7 Å². The first-order valence-electron chi connectivity index (χ1n) is 9.70. The normalized spacial score (nSPS) is 10.6. The van der Waals surface area contributed by atoms with Crippen LogP contribution >= 0.6 is 11.6 Å². The second-order valence-electron chi connectivity index (χ2n) is 6.83. The van der Waals surface area contributed by atoms with Gasteiger partial charge < -0.3 is 14.1 Å². The summed E-state index contributed by atoms with van der Waals surface area (Å²) >= 11 is 5.89. The van der Waals surface area contributed by atoms with Gasteiger partial charge in [-0.2, -0.15) is 0 Å². The van der Waals surface area contributed by atoms with E-state index in [0.717, 1.165) is 0 Å². The van der Waals surface area contributed by atoms with E-state index in [9.17, 15) is 9.59 Å². The molecule has 4 rings (SSSR count). The Kier molecular flexibility index (Phi) is 6.28. The molecule has 0 aliphatic heterocycles. The molecule has 0 saturated carbocycles. The van der Waals surface area contributed by atoms with Crippen molar-refractivity contribution in [3.05, 3.63) is 101 Å². The van der Waals surface area contributed by atoms with E-state index >= 15 is 0 Å². The Bertz CT molecular complexity index is 1240. The van der Waals surface area contributed by atoms with Crippen LogP contribution in [0.2, 0.25) is 5.02 Å². The summed E-state index contributed by atoms with van der Waals surface area (Å²) in [5, 5.41) is 8.45. The largest absolute Gasteiger partial charge is 0.452 e. The molecule has 0 fully saturated rings. The van der Waals surface area contributed by atoms with Crippen LogP contribution in [0.5, 0.6) is 0 Å². The maximum Gasteiger partial charge on any atom is 0.339 e. The second-order valence-corrected chi connectivity index (χ2v) is 7.27. The zero-order valence-electron chi connectivity index (χ0n) is 17.1. The predicted octanol–water partition coefficient (Wildman–Crippen LogP) is 5.02. The summed E-state index contributed by atoms with van der Waals surface area (Å²) < 4.78 is 10.9. The monoisotopic (exact) mass is 447 g/mol.